The number of hydrogen-bond acceptors (Lipinski definition) is 8. The molecule has 0 fully saturated rings. The van der Waals surface area contributed by atoms with Gasteiger partial charge in [-0.3, -0.25) is 9.59 Å². The van der Waals surface area contributed by atoms with Crippen molar-refractivity contribution in [3.8, 4) is 5.75 Å². The van der Waals surface area contributed by atoms with Gasteiger partial charge in [0.2, 0.25) is 6.79 Å². The molecule has 1 aromatic heterocycles. The number of ketones is 1. The number of benzene rings is 1. The van der Waals surface area contributed by atoms with Gasteiger partial charge in [-0.2, -0.15) is 0 Å². The van der Waals surface area contributed by atoms with E-state index in [1.54, 1.807) is 39.0 Å². The fraction of sp³-hybridized carbons (Fsp3) is 0.364. The molecule has 10 heteroatoms. The maximum atomic E-state index is 12.5. The minimum atomic E-state index is -1.29. The molecule has 2 heterocycles. The number of fused-ring (bicyclic) bond motifs is 1. The van der Waals surface area contributed by atoms with E-state index in [2.05, 4.69) is 4.98 Å². The first-order valence-corrected chi connectivity index (χ1v) is 10.4. The summed E-state index contributed by atoms with van der Waals surface area (Å²) in [7, 11) is -1.29. The highest BCUT2D eigenvalue weighted by atomic mass is 35.5. The second kappa shape index (κ2) is 9.71. The van der Waals surface area contributed by atoms with Gasteiger partial charge in [0.15, 0.2) is 5.78 Å². The van der Waals surface area contributed by atoms with Crippen LogP contribution in [0.1, 0.15) is 53.5 Å². The Kier molecular flexibility index (Phi) is 7.21. The van der Waals surface area contributed by atoms with Gasteiger partial charge >= 0.3 is 19.1 Å². The van der Waals surface area contributed by atoms with Crippen LogP contribution in [0.2, 0.25) is 11.0 Å². The fourth-order valence-corrected chi connectivity index (χ4v) is 3.26. The third kappa shape index (κ3) is 5.66. The Balaban J connectivity index is 1.66. The minimum Gasteiger partial charge on any atom is -0.535 e. The van der Waals surface area contributed by atoms with Crippen LogP contribution in [0.15, 0.2) is 36.5 Å². The predicted molar refractivity (Wildman–Crippen MR) is 117 cm³/mol. The lowest BCUT2D eigenvalue weighted by atomic mass is 9.64. The normalized spacial score (nSPS) is 15.4. The van der Waals surface area contributed by atoms with Crippen LogP contribution in [-0.4, -0.2) is 41.6 Å². The molecular weight excluding hydrogens is 437 g/mol. The molecule has 32 heavy (non-hydrogen) atoms. The van der Waals surface area contributed by atoms with E-state index < -0.39 is 37.1 Å². The number of carbonyl (C=O) groups excluding carboxylic acids is 3. The Morgan fingerprint density at radius 2 is 1.97 bits per heavy atom. The molecule has 168 valence electrons. The van der Waals surface area contributed by atoms with Gasteiger partial charge in [-0.15, -0.1) is 0 Å². The maximum absolute atomic E-state index is 12.5. The average Bonchev–Trinajstić information content (AvgIpc) is 2.73. The molecule has 1 aromatic carbocycles. The third-order valence-corrected chi connectivity index (χ3v) is 5.15. The molecule has 0 bridgehead atoms. The molecule has 1 aliphatic rings. The van der Waals surface area contributed by atoms with E-state index in [4.69, 9.17) is 25.7 Å². The molecule has 1 aliphatic heterocycles. The molecule has 1 N–H and O–H groups in total. The zero-order valence-corrected chi connectivity index (χ0v) is 18.7. The topological polar surface area (TPSA) is 112 Å². The number of aromatic nitrogens is 1. The number of Topliss-reactive ketones (excluding diaryl/α,β-unsaturated/α-hetero) is 1. The van der Waals surface area contributed by atoms with Gasteiger partial charge in [-0.1, -0.05) is 23.7 Å². The molecule has 2 aromatic rings. The summed E-state index contributed by atoms with van der Waals surface area (Å²) in [6.45, 7) is 4.52. The van der Waals surface area contributed by atoms with Crippen LogP contribution in [0.5, 0.6) is 5.75 Å². The first kappa shape index (κ1) is 23.8. The van der Waals surface area contributed by atoms with E-state index in [0.717, 1.165) is 0 Å². The SMILES string of the molecule is CC(C)(C)C(=O)OCOC(=O)c1cccc2c1OB(O)[C@@H](CC(=O)c1ccc(Cl)nc1)C2. The highest BCUT2D eigenvalue weighted by Crippen LogP contribution is 2.37. The summed E-state index contributed by atoms with van der Waals surface area (Å²) < 4.78 is 15.6. The van der Waals surface area contributed by atoms with Gasteiger partial charge in [0, 0.05) is 24.0 Å². The van der Waals surface area contributed by atoms with Gasteiger partial charge in [-0.25, -0.2) is 9.78 Å². The Morgan fingerprint density at radius 1 is 1.22 bits per heavy atom. The second-order valence-corrected chi connectivity index (χ2v) is 8.88. The fourth-order valence-electron chi connectivity index (χ4n) is 3.15. The van der Waals surface area contributed by atoms with Crippen LogP contribution in [0.25, 0.3) is 0 Å². The molecular formula is C22H23BClNO7. The number of rotatable bonds is 6. The van der Waals surface area contributed by atoms with Crippen molar-refractivity contribution >= 4 is 36.4 Å². The molecule has 1 atom stereocenters. The maximum Gasteiger partial charge on any atom is 0.526 e. The third-order valence-electron chi connectivity index (χ3n) is 4.93. The highest BCUT2D eigenvalue weighted by Gasteiger charge is 2.38. The lowest BCUT2D eigenvalue weighted by molar-refractivity contribution is -0.161. The summed E-state index contributed by atoms with van der Waals surface area (Å²) in [5.41, 5.74) is 0.415. The first-order chi connectivity index (χ1) is 15.1. The summed E-state index contributed by atoms with van der Waals surface area (Å²) in [4.78, 5) is 40.7. The van der Waals surface area contributed by atoms with Gasteiger partial charge in [0.25, 0.3) is 0 Å². The van der Waals surface area contributed by atoms with Crippen LogP contribution in [0, 0.1) is 5.41 Å². The van der Waals surface area contributed by atoms with Crippen molar-refractivity contribution in [2.24, 2.45) is 5.41 Å². The van der Waals surface area contributed by atoms with E-state index in [1.807, 2.05) is 0 Å². The van der Waals surface area contributed by atoms with Gasteiger partial charge in [0.1, 0.15) is 16.5 Å². The summed E-state index contributed by atoms with van der Waals surface area (Å²) in [5.74, 6) is -1.79. The number of ether oxygens (including phenoxy) is 2. The van der Waals surface area contributed by atoms with Crippen molar-refractivity contribution in [1.29, 1.82) is 0 Å². The molecule has 0 amide bonds. The van der Waals surface area contributed by atoms with Crippen molar-refractivity contribution in [1.82, 2.24) is 4.98 Å². The molecule has 3 rings (SSSR count). The summed E-state index contributed by atoms with van der Waals surface area (Å²) in [5, 5.41) is 10.7. The van der Waals surface area contributed by atoms with E-state index in [9.17, 15) is 19.4 Å². The van der Waals surface area contributed by atoms with Crippen molar-refractivity contribution in [3.05, 3.63) is 58.4 Å². The number of pyridine rings is 1. The average molecular weight is 460 g/mol. The standard InChI is InChI=1S/C22H23BClNO7/c1-22(2,3)21(28)31-12-30-20(27)16-6-4-5-13-9-15(23(29)32-19(13)16)10-17(26)14-7-8-18(24)25-11-14/h4-8,11,15,29H,9-10,12H2,1-3H3/t15-/m1/s1. The molecule has 0 radical (unpaired) electrons. The van der Waals surface area contributed by atoms with E-state index >= 15 is 0 Å². The minimum absolute atomic E-state index is 0.0291. The molecule has 0 aliphatic carbocycles. The number of esters is 2. The van der Waals surface area contributed by atoms with Crippen LogP contribution in [0.3, 0.4) is 0 Å². The van der Waals surface area contributed by atoms with Crippen LogP contribution < -0.4 is 4.65 Å². The Morgan fingerprint density at radius 3 is 2.62 bits per heavy atom. The Hall–Kier alpha value is -2.91. The Bertz CT molecular complexity index is 1020. The van der Waals surface area contributed by atoms with Crippen molar-refractivity contribution in [2.45, 2.75) is 39.4 Å². The number of hydrogen-bond donors (Lipinski definition) is 1. The van der Waals surface area contributed by atoms with E-state index in [-0.39, 0.29) is 28.7 Å². The Labute approximate surface area is 191 Å². The molecule has 8 nitrogen and oxygen atoms in total. The van der Waals surface area contributed by atoms with Crippen LogP contribution in [0.4, 0.5) is 0 Å². The number of nitrogens with zero attached hydrogens (tertiary/aromatic N) is 1. The van der Waals surface area contributed by atoms with E-state index in [1.165, 1.54) is 18.3 Å². The zero-order valence-electron chi connectivity index (χ0n) is 18.0. The number of carbonyl (C=O) groups is 3. The quantitative estimate of drug-likeness (QED) is 0.230. The molecule has 0 saturated heterocycles. The van der Waals surface area contributed by atoms with Crippen molar-refractivity contribution in [3.63, 3.8) is 0 Å². The summed E-state index contributed by atoms with van der Waals surface area (Å²) in [6.07, 6.45) is 1.74. The second-order valence-electron chi connectivity index (χ2n) is 8.49. The first-order valence-electron chi connectivity index (χ1n) is 10.0. The summed E-state index contributed by atoms with van der Waals surface area (Å²) in [6, 6.07) is 7.99. The smallest absolute Gasteiger partial charge is 0.526 e. The molecule has 0 unspecified atom stereocenters. The van der Waals surface area contributed by atoms with Crippen LogP contribution in [-0.2, 0) is 20.7 Å². The lowest BCUT2D eigenvalue weighted by Crippen LogP contribution is -2.36. The molecule has 0 spiro atoms. The van der Waals surface area contributed by atoms with Gasteiger partial charge in [0.05, 0.1) is 5.41 Å². The van der Waals surface area contributed by atoms with Crippen molar-refractivity contribution in [2.75, 3.05) is 6.79 Å². The summed E-state index contributed by atoms with van der Waals surface area (Å²) >= 11 is 5.75. The predicted octanol–water partition coefficient (Wildman–Crippen LogP) is 3.50. The zero-order chi connectivity index (χ0) is 23.5. The molecule has 0 saturated carbocycles. The van der Waals surface area contributed by atoms with Gasteiger partial charge in [-0.05, 0) is 51.0 Å². The van der Waals surface area contributed by atoms with Gasteiger partial charge < -0.3 is 19.2 Å². The van der Waals surface area contributed by atoms with Crippen LogP contribution >= 0.6 is 11.6 Å². The van der Waals surface area contributed by atoms with Crippen molar-refractivity contribution < 1.29 is 33.5 Å². The highest BCUT2D eigenvalue weighted by molar-refractivity contribution is 6.47. The number of para-hydroxylation sites is 1. The van der Waals surface area contributed by atoms with E-state index in [0.29, 0.717) is 17.5 Å². The largest absolute Gasteiger partial charge is 0.535 e. The monoisotopic (exact) mass is 459 g/mol. The number of halogens is 1. The lowest BCUT2D eigenvalue weighted by Gasteiger charge is -2.28.